The van der Waals surface area contributed by atoms with Crippen LogP contribution >= 0.6 is 0 Å². The highest BCUT2D eigenvalue weighted by atomic mass is 16.2. The summed E-state index contributed by atoms with van der Waals surface area (Å²) in [6.07, 6.45) is 8.83. The predicted octanol–water partition coefficient (Wildman–Crippen LogP) is 0.268. The fourth-order valence-corrected chi connectivity index (χ4v) is 3.76. The monoisotopic (exact) mass is 540 g/mol. The molecule has 0 bridgehead atoms. The first-order chi connectivity index (χ1) is 18.1. The first kappa shape index (κ1) is 35.0. The Morgan fingerprint density at radius 3 is 1.39 bits per heavy atom. The number of nitrogens with one attached hydrogen (secondary N) is 3. The van der Waals surface area contributed by atoms with Crippen molar-refractivity contribution in [2.24, 2.45) is 11.5 Å². The van der Waals surface area contributed by atoms with E-state index in [-0.39, 0.29) is 55.0 Å². The lowest BCUT2D eigenvalue weighted by molar-refractivity contribution is -0.127. The van der Waals surface area contributed by atoms with Crippen molar-refractivity contribution in [1.82, 2.24) is 20.9 Å². The van der Waals surface area contributed by atoms with Crippen LogP contribution in [0.2, 0.25) is 0 Å². The van der Waals surface area contributed by atoms with Gasteiger partial charge in [-0.3, -0.25) is 33.7 Å². The molecule has 5 amide bonds. The second-order valence-electron chi connectivity index (χ2n) is 9.53. The van der Waals surface area contributed by atoms with Crippen LogP contribution in [0, 0.1) is 0 Å². The zero-order valence-corrected chi connectivity index (χ0v) is 23.0. The highest BCUT2D eigenvalue weighted by Crippen LogP contribution is 2.06. The zero-order valence-electron chi connectivity index (χ0n) is 23.0. The van der Waals surface area contributed by atoms with Crippen molar-refractivity contribution in [3.63, 3.8) is 0 Å². The van der Waals surface area contributed by atoms with Gasteiger partial charge in [-0.15, -0.1) is 0 Å². The van der Waals surface area contributed by atoms with Crippen LogP contribution < -0.4 is 27.4 Å². The van der Waals surface area contributed by atoms with E-state index in [1.165, 1.54) is 0 Å². The standard InChI is InChI=1S/C26H48N6O6/c1-29-24(36)15-9-5-11-17-31-26(38)20-32(18-21(33)12-6-2-3-7-13-22(27)34)19-25(37)30-16-10-4-8-14-23(28)35/h2-20H2,1H3,(H2,27,34)(H2,28,35)(H,29,36)(H,30,37)(H,31,38). The Morgan fingerprint density at radius 1 is 0.526 bits per heavy atom. The molecule has 218 valence electrons. The molecule has 0 aromatic rings. The van der Waals surface area contributed by atoms with Gasteiger partial charge in [-0.1, -0.05) is 25.7 Å². The molecule has 0 radical (unpaired) electrons. The number of carbonyl (C=O) groups is 6. The summed E-state index contributed by atoms with van der Waals surface area (Å²) in [6.45, 7) is 0.733. The Bertz CT molecular complexity index is 706. The predicted molar refractivity (Wildman–Crippen MR) is 145 cm³/mol. The average molecular weight is 541 g/mol. The maximum Gasteiger partial charge on any atom is 0.234 e. The van der Waals surface area contributed by atoms with Gasteiger partial charge in [0.25, 0.3) is 0 Å². The maximum atomic E-state index is 12.5. The summed E-state index contributed by atoms with van der Waals surface area (Å²) in [5.74, 6) is -1.29. The van der Waals surface area contributed by atoms with Crippen LogP contribution in [-0.4, -0.2) is 80.0 Å². The van der Waals surface area contributed by atoms with E-state index in [1.54, 1.807) is 11.9 Å². The van der Waals surface area contributed by atoms with Gasteiger partial charge in [0.2, 0.25) is 29.5 Å². The molecule has 0 atom stereocenters. The SMILES string of the molecule is CNC(=O)CCCCCNC(=O)CN(CC(=O)CCCCCCC(N)=O)CC(=O)NCCCCCC(N)=O. The number of hydrogen-bond donors (Lipinski definition) is 5. The lowest BCUT2D eigenvalue weighted by Gasteiger charge is -2.21. The molecule has 12 nitrogen and oxygen atoms in total. The second-order valence-corrected chi connectivity index (χ2v) is 9.53. The minimum absolute atomic E-state index is 0.00708. The normalized spacial score (nSPS) is 10.7. The van der Waals surface area contributed by atoms with Crippen molar-refractivity contribution < 1.29 is 28.8 Å². The number of ketones is 1. The molecule has 0 unspecified atom stereocenters. The number of Topliss-reactive ketones (excluding diaryl/α,β-unsaturated/α-hetero) is 1. The molecule has 0 aliphatic carbocycles. The van der Waals surface area contributed by atoms with Crippen molar-refractivity contribution in [2.75, 3.05) is 39.8 Å². The molecule has 0 spiro atoms. The number of nitrogens with zero attached hydrogens (tertiary/aromatic N) is 1. The second kappa shape index (κ2) is 23.1. The van der Waals surface area contributed by atoms with Gasteiger partial charge in [0.05, 0.1) is 19.6 Å². The van der Waals surface area contributed by atoms with Gasteiger partial charge in [0, 0.05) is 45.8 Å². The van der Waals surface area contributed by atoms with Gasteiger partial charge in [-0.05, 0) is 38.5 Å². The topological polar surface area (TPSA) is 194 Å². The van der Waals surface area contributed by atoms with E-state index in [0.717, 1.165) is 38.5 Å². The first-order valence-electron chi connectivity index (χ1n) is 13.7. The summed E-state index contributed by atoms with van der Waals surface area (Å²) in [5.41, 5.74) is 10.2. The number of amides is 5. The summed E-state index contributed by atoms with van der Waals surface area (Å²) in [7, 11) is 1.60. The molecule has 0 aliphatic rings. The van der Waals surface area contributed by atoms with Crippen molar-refractivity contribution in [3.05, 3.63) is 0 Å². The summed E-state index contributed by atoms with van der Waals surface area (Å²) in [5, 5.41) is 8.18. The Labute approximate surface area is 226 Å². The van der Waals surface area contributed by atoms with Crippen LogP contribution in [0.4, 0.5) is 0 Å². The fraction of sp³-hybridized carbons (Fsp3) is 0.769. The van der Waals surface area contributed by atoms with E-state index in [9.17, 15) is 28.8 Å². The van der Waals surface area contributed by atoms with Gasteiger partial charge in [0.1, 0.15) is 5.78 Å². The molecule has 12 heteroatoms. The number of primary amides is 2. The van der Waals surface area contributed by atoms with E-state index in [2.05, 4.69) is 16.0 Å². The van der Waals surface area contributed by atoms with E-state index in [0.29, 0.717) is 64.5 Å². The lowest BCUT2D eigenvalue weighted by atomic mass is 10.1. The zero-order chi connectivity index (χ0) is 28.6. The summed E-state index contributed by atoms with van der Waals surface area (Å²) >= 11 is 0. The largest absolute Gasteiger partial charge is 0.370 e. The number of hydrogen-bond acceptors (Lipinski definition) is 7. The lowest BCUT2D eigenvalue weighted by Crippen LogP contribution is -2.45. The van der Waals surface area contributed by atoms with Crippen molar-refractivity contribution in [3.8, 4) is 0 Å². The quantitative estimate of drug-likeness (QED) is 0.102. The van der Waals surface area contributed by atoms with E-state index >= 15 is 0 Å². The molecule has 38 heavy (non-hydrogen) atoms. The van der Waals surface area contributed by atoms with Crippen LogP contribution in [0.25, 0.3) is 0 Å². The number of rotatable bonds is 25. The third-order valence-electron chi connectivity index (χ3n) is 5.87. The van der Waals surface area contributed by atoms with Crippen LogP contribution in [-0.2, 0) is 28.8 Å². The Kier molecular flexibility index (Phi) is 21.3. The summed E-state index contributed by atoms with van der Waals surface area (Å²) in [6, 6.07) is 0. The third-order valence-corrected chi connectivity index (χ3v) is 5.87. The maximum absolute atomic E-state index is 12.5. The van der Waals surface area contributed by atoms with Crippen LogP contribution in [0.5, 0.6) is 0 Å². The molecule has 0 aliphatic heterocycles. The minimum atomic E-state index is -0.345. The molecule has 0 saturated heterocycles. The summed E-state index contributed by atoms with van der Waals surface area (Å²) in [4.78, 5) is 71.7. The van der Waals surface area contributed by atoms with Gasteiger partial charge < -0.3 is 27.4 Å². The van der Waals surface area contributed by atoms with E-state index < -0.39 is 0 Å². The van der Waals surface area contributed by atoms with Crippen LogP contribution in [0.3, 0.4) is 0 Å². The van der Waals surface area contributed by atoms with Crippen molar-refractivity contribution in [2.45, 2.75) is 89.9 Å². The van der Waals surface area contributed by atoms with Gasteiger partial charge in [0.15, 0.2) is 0 Å². The van der Waals surface area contributed by atoms with E-state index in [1.807, 2.05) is 0 Å². The van der Waals surface area contributed by atoms with Crippen molar-refractivity contribution >= 4 is 35.3 Å². The highest BCUT2D eigenvalue weighted by Gasteiger charge is 2.17. The fourth-order valence-electron chi connectivity index (χ4n) is 3.76. The smallest absolute Gasteiger partial charge is 0.234 e. The highest BCUT2D eigenvalue weighted by molar-refractivity contribution is 5.85. The first-order valence-corrected chi connectivity index (χ1v) is 13.7. The molecule has 0 aromatic carbocycles. The van der Waals surface area contributed by atoms with Crippen molar-refractivity contribution in [1.29, 1.82) is 0 Å². The summed E-state index contributed by atoms with van der Waals surface area (Å²) < 4.78 is 0. The van der Waals surface area contributed by atoms with Gasteiger partial charge >= 0.3 is 0 Å². The number of nitrogens with two attached hydrogens (primary N) is 2. The minimum Gasteiger partial charge on any atom is -0.370 e. The number of carbonyl (C=O) groups excluding carboxylic acids is 6. The molecule has 0 aromatic heterocycles. The molecule has 0 saturated carbocycles. The van der Waals surface area contributed by atoms with Gasteiger partial charge in [-0.2, -0.15) is 0 Å². The molecule has 0 rings (SSSR count). The Balaban J connectivity index is 4.51. The van der Waals surface area contributed by atoms with E-state index in [4.69, 9.17) is 11.5 Å². The Morgan fingerprint density at radius 2 is 0.947 bits per heavy atom. The average Bonchev–Trinajstić information content (AvgIpc) is 2.84. The van der Waals surface area contributed by atoms with Gasteiger partial charge in [-0.25, -0.2) is 0 Å². The molecule has 7 N–H and O–H groups in total. The molecule has 0 heterocycles. The van der Waals surface area contributed by atoms with Crippen LogP contribution in [0.1, 0.15) is 89.9 Å². The number of unbranched alkanes of at least 4 members (excludes halogenated alkanes) is 7. The molecular weight excluding hydrogens is 492 g/mol. The third kappa shape index (κ3) is 23.4. The Hall–Kier alpha value is -3.02. The van der Waals surface area contributed by atoms with Crippen LogP contribution in [0.15, 0.2) is 0 Å². The molecule has 0 fully saturated rings. The molecular formula is C26H48N6O6.